The number of halogens is 2. The number of hydrogen-bond donors (Lipinski definition) is 2. The third kappa shape index (κ3) is 2.83. The monoisotopic (exact) mass is 280 g/mol. The van der Waals surface area contributed by atoms with Gasteiger partial charge in [0.1, 0.15) is 0 Å². The van der Waals surface area contributed by atoms with E-state index >= 15 is 0 Å². The van der Waals surface area contributed by atoms with Crippen LogP contribution in [0.5, 0.6) is 0 Å². The topological polar surface area (TPSA) is 99.6 Å². The maximum absolute atomic E-state index is 6.13. The molecular weight excluding hydrogens is 271 g/mol. The van der Waals surface area contributed by atoms with E-state index in [1.807, 2.05) is 30.3 Å². The highest BCUT2D eigenvalue weighted by atomic mass is 35.5. The van der Waals surface area contributed by atoms with Crippen LogP contribution in [-0.4, -0.2) is 0 Å². The van der Waals surface area contributed by atoms with Crippen LogP contribution in [0.4, 0.5) is 11.4 Å². The van der Waals surface area contributed by atoms with Gasteiger partial charge in [-0.1, -0.05) is 41.4 Å². The van der Waals surface area contributed by atoms with E-state index in [1.54, 1.807) is 6.07 Å². The van der Waals surface area contributed by atoms with Crippen LogP contribution in [0.2, 0.25) is 10.0 Å². The fraction of sp³-hybridized carbons (Fsp3) is 0. The first-order valence-corrected chi connectivity index (χ1v) is 5.64. The number of nitrogen functional groups attached to an aromatic ring is 2. The molecule has 2 aromatic carbocycles. The van der Waals surface area contributed by atoms with Crippen LogP contribution in [0.15, 0.2) is 36.4 Å². The molecule has 0 aliphatic carbocycles. The van der Waals surface area contributed by atoms with Crippen molar-refractivity contribution < 1.29 is 0 Å². The number of rotatable bonds is 1. The average molecular weight is 281 g/mol. The zero-order valence-electron chi connectivity index (χ0n) is 9.27. The predicted molar refractivity (Wildman–Crippen MR) is 74.2 cm³/mol. The van der Waals surface area contributed by atoms with Gasteiger partial charge in [0, 0.05) is 22.0 Å². The van der Waals surface area contributed by atoms with Crippen molar-refractivity contribution in [3.05, 3.63) is 46.4 Å². The molecule has 0 unspecified atom stereocenters. The molecule has 6 heteroatoms. The third-order valence-electron chi connectivity index (χ3n) is 2.33. The molecule has 0 saturated heterocycles. The molecule has 0 bridgehead atoms. The maximum Gasteiger partial charge on any atom is 0.0827 e. The Balaban J connectivity index is 0.000000771. The SMILES string of the molecule is N#N.Nc1ccc(-c2ccc(N)c(Cl)c2Cl)cc1. The third-order valence-corrected chi connectivity index (χ3v) is 3.23. The summed E-state index contributed by atoms with van der Waals surface area (Å²) >= 11 is 12.1. The van der Waals surface area contributed by atoms with Crippen molar-refractivity contribution in [2.75, 3.05) is 11.5 Å². The van der Waals surface area contributed by atoms with E-state index in [-0.39, 0.29) is 0 Å². The molecule has 4 N–H and O–H groups in total. The van der Waals surface area contributed by atoms with Crippen LogP contribution in [0.25, 0.3) is 11.1 Å². The molecule has 0 fully saturated rings. The van der Waals surface area contributed by atoms with Crippen LogP contribution in [0.3, 0.4) is 0 Å². The number of nitrogens with two attached hydrogens (primary N) is 2. The van der Waals surface area contributed by atoms with Crippen molar-refractivity contribution >= 4 is 34.6 Å². The molecule has 0 radical (unpaired) electrons. The normalized spacial score (nSPS) is 9.33. The van der Waals surface area contributed by atoms with E-state index in [0.29, 0.717) is 21.4 Å². The van der Waals surface area contributed by atoms with Gasteiger partial charge in [-0.15, -0.1) is 0 Å². The maximum atomic E-state index is 6.13. The van der Waals surface area contributed by atoms with Gasteiger partial charge in [0.25, 0.3) is 0 Å². The second-order valence-electron chi connectivity index (χ2n) is 3.45. The van der Waals surface area contributed by atoms with Gasteiger partial charge in [0.15, 0.2) is 0 Å². The van der Waals surface area contributed by atoms with Gasteiger partial charge >= 0.3 is 0 Å². The largest absolute Gasteiger partial charge is 0.399 e. The van der Waals surface area contributed by atoms with Crippen LogP contribution >= 0.6 is 23.2 Å². The second kappa shape index (κ2) is 6.10. The summed E-state index contributed by atoms with van der Waals surface area (Å²) in [6.07, 6.45) is 0. The molecule has 92 valence electrons. The van der Waals surface area contributed by atoms with Crippen molar-refractivity contribution in [2.24, 2.45) is 0 Å². The molecule has 0 amide bonds. The van der Waals surface area contributed by atoms with Gasteiger partial charge in [-0.05, 0) is 23.8 Å². The van der Waals surface area contributed by atoms with Gasteiger partial charge in [-0.25, -0.2) is 0 Å². The minimum atomic E-state index is 0.385. The fourth-order valence-electron chi connectivity index (χ4n) is 1.45. The Morgan fingerprint density at radius 2 is 1.33 bits per heavy atom. The van der Waals surface area contributed by atoms with E-state index < -0.39 is 0 Å². The van der Waals surface area contributed by atoms with Crippen molar-refractivity contribution in [3.8, 4) is 11.1 Å². The highest BCUT2D eigenvalue weighted by Crippen LogP contribution is 2.37. The average Bonchev–Trinajstić information content (AvgIpc) is 2.40. The zero-order valence-corrected chi connectivity index (χ0v) is 10.8. The standard InChI is InChI=1S/C12H10Cl2N2.N2/c13-11-9(5-6-10(16)12(11)14)7-1-3-8(15)4-2-7;1-2/h1-6H,15-16H2;. The summed E-state index contributed by atoms with van der Waals surface area (Å²) in [5, 5.41) is 12.8. The Kier molecular flexibility index (Phi) is 4.78. The van der Waals surface area contributed by atoms with Gasteiger partial charge < -0.3 is 11.5 Å². The predicted octanol–water partition coefficient (Wildman–Crippen LogP) is 3.85. The number of benzene rings is 2. The lowest BCUT2D eigenvalue weighted by Crippen LogP contribution is -1.89. The number of nitrogens with zero attached hydrogens (tertiary/aromatic N) is 2. The molecule has 18 heavy (non-hydrogen) atoms. The van der Waals surface area contributed by atoms with Crippen molar-refractivity contribution in [1.29, 1.82) is 10.8 Å². The molecule has 0 aromatic heterocycles. The summed E-state index contributed by atoms with van der Waals surface area (Å²) in [5.41, 5.74) is 14.3. The molecule has 2 aromatic rings. The zero-order chi connectivity index (χ0) is 13.7. The minimum Gasteiger partial charge on any atom is -0.399 e. The second-order valence-corrected chi connectivity index (χ2v) is 4.21. The Morgan fingerprint density at radius 3 is 1.89 bits per heavy atom. The molecule has 2 rings (SSSR count). The lowest BCUT2D eigenvalue weighted by molar-refractivity contribution is 1.15. The van der Waals surface area contributed by atoms with Crippen molar-refractivity contribution in [2.45, 2.75) is 0 Å². The quantitative estimate of drug-likeness (QED) is 0.612. The van der Waals surface area contributed by atoms with Gasteiger partial charge in [0.05, 0.1) is 15.7 Å². The first kappa shape index (κ1) is 14.1. The molecule has 0 heterocycles. The summed E-state index contributed by atoms with van der Waals surface area (Å²) < 4.78 is 0. The Bertz CT molecular complexity index is 564. The molecule has 0 aliphatic rings. The lowest BCUT2D eigenvalue weighted by atomic mass is 10.0. The van der Waals surface area contributed by atoms with Crippen LogP contribution in [-0.2, 0) is 0 Å². The Morgan fingerprint density at radius 1 is 0.778 bits per heavy atom. The summed E-state index contributed by atoms with van der Waals surface area (Å²) in [7, 11) is 0. The van der Waals surface area contributed by atoms with Crippen molar-refractivity contribution in [3.63, 3.8) is 0 Å². The summed E-state index contributed by atoms with van der Waals surface area (Å²) in [6.45, 7) is 0. The summed E-state index contributed by atoms with van der Waals surface area (Å²) in [4.78, 5) is 0. The fourth-order valence-corrected chi connectivity index (χ4v) is 1.90. The highest BCUT2D eigenvalue weighted by Gasteiger charge is 2.09. The first-order chi connectivity index (χ1) is 8.59. The smallest absolute Gasteiger partial charge is 0.0827 e. The number of anilines is 2. The Hall–Kier alpha value is -1.96. The molecule has 4 nitrogen and oxygen atoms in total. The van der Waals surface area contributed by atoms with E-state index in [1.165, 1.54) is 0 Å². The summed E-state index contributed by atoms with van der Waals surface area (Å²) in [5.74, 6) is 0. The molecule has 0 aliphatic heterocycles. The first-order valence-electron chi connectivity index (χ1n) is 4.89. The van der Waals surface area contributed by atoms with Gasteiger partial charge in [0.2, 0.25) is 0 Å². The molecular formula is C12H10Cl2N4. The van der Waals surface area contributed by atoms with E-state index in [4.69, 9.17) is 45.5 Å². The molecule has 0 spiro atoms. The van der Waals surface area contributed by atoms with E-state index in [9.17, 15) is 0 Å². The van der Waals surface area contributed by atoms with E-state index in [0.717, 1.165) is 11.1 Å². The van der Waals surface area contributed by atoms with Crippen molar-refractivity contribution in [1.82, 2.24) is 0 Å². The van der Waals surface area contributed by atoms with E-state index in [2.05, 4.69) is 0 Å². The van der Waals surface area contributed by atoms with Gasteiger partial charge in [-0.3, -0.25) is 0 Å². The Labute approximate surface area is 115 Å². The van der Waals surface area contributed by atoms with Crippen LogP contribution in [0.1, 0.15) is 0 Å². The lowest BCUT2D eigenvalue weighted by Gasteiger charge is -2.08. The van der Waals surface area contributed by atoms with Crippen LogP contribution in [0, 0.1) is 10.8 Å². The van der Waals surface area contributed by atoms with Crippen LogP contribution < -0.4 is 11.5 Å². The van der Waals surface area contributed by atoms with Gasteiger partial charge in [-0.2, -0.15) is 0 Å². The summed E-state index contributed by atoms with van der Waals surface area (Å²) in [6, 6.07) is 11.0. The number of hydrogen-bond acceptors (Lipinski definition) is 4. The molecule has 0 saturated carbocycles. The molecule has 0 atom stereocenters. The highest BCUT2D eigenvalue weighted by molar-refractivity contribution is 6.45. The minimum absolute atomic E-state index is 0.385.